The highest BCUT2D eigenvalue weighted by Gasteiger charge is 2.20. The Bertz CT molecular complexity index is 379. The van der Waals surface area contributed by atoms with Crippen LogP contribution in [-0.4, -0.2) is 11.1 Å². The van der Waals surface area contributed by atoms with E-state index in [1.807, 2.05) is 6.92 Å². The zero-order valence-corrected chi connectivity index (χ0v) is 10.7. The van der Waals surface area contributed by atoms with Gasteiger partial charge in [0.05, 0.1) is 0 Å². The molecule has 0 aromatic carbocycles. The van der Waals surface area contributed by atoms with Crippen LogP contribution in [0.1, 0.15) is 51.1 Å². The summed E-state index contributed by atoms with van der Waals surface area (Å²) < 4.78 is 10.4. The number of hydrogen-bond donors (Lipinski definition) is 1. The molecule has 0 unspecified atom stereocenters. The molecule has 4 heteroatoms. The van der Waals surface area contributed by atoms with Crippen LogP contribution in [0, 0.1) is 6.92 Å². The van der Waals surface area contributed by atoms with Gasteiger partial charge in [0.15, 0.2) is 5.76 Å². The number of ether oxygens (including phenoxy) is 1. The molecule has 17 heavy (non-hydrogen) atoms. The second kappa shape index (κ2) is 6.33. The van der Waals surface area contributed by atoms with Crippen LogP contribution in [0.4, 0.5) is 0 Å². The lowest BCUT2D eigenvalue weighted by Gasteiger charge is -2.03. The Morgan fingerprint density at radius 2 is 2.06 bits per heavy atom. The predicted octanol–water partition coefficient (Wildman–Crippen LogP) is 3.34. The van der Waals surface area contributed by atoms with Crippen LogP contribution in [0.2, 0.25) is 0 Å². The van der Waals surface area contributed by atoms with Gasteiger partial charge in [-0.2, -0.15) is 0 Å². The Morgan fingerprint density at radius 1 is 1.35 bits per heavy atom. The Morgan fingerprint density at radius 3 is 2.65 bits per heavy atom. The highest BCUT2D eigenvalue weighted by atomic mass is 16.6. The SMILES string of the molecule is CCCCCC(=O)Oc1c(CC)oc(C)c1O. The van der Waals surface area contributed by atoms with Crippen molar-refractivity contribution < 1.29 is 19.1 Å². The van der Waals surface area contributed by atoms with Crippen LogP contribution in [-0.2, 0) is 11.2 Å². The molecule has 0 fully saturated rings. The summed E-state index contributed by atoms with van der Waals surface area (Å²) in [6.45, 7) is 5.60. The van der Waals surface area contributed by atoms with Crippen molar-refractivity contribution in [3.05, 3.63) is 11.5 Å². The number of rotatable bonds is 6. The molecule has 0 saturated carbocycles. The standard InChI is InChI=1S/C13H20O4/c1-4-6-7-8-11(14)17-13-10(5-2)16-9(3)12(13)15/h15H,4-8H2,1-3H3. The van der Waals surface area contributed by atoms with E-state index in [0.29, 0.717) is 24.4 Å². The number of furan rings is 1. The summed E-state index contributed by atoms with van der Waals surface area (Å²) >= 11 is 0. The molecule has 0 bridgehead atoms. The van der Waals surface area contributed by atoms with Gasteiger partial charge < -0.3 is 14.3 Å². The van der Waals surface area contributed by atoms with E-state index in [-0.39, 0.29) is 17.5 Å². The van der Waals surface area contributed by atoms with Gasteiger partial charge in [0.1, 0.15) is 5.76 Å². The van der Waals surface area contributed by atoms with Gasteiger partial charge in [-0.15, -0.1) is 0 Å². The van der Waals surface area contributed by atoms with E-state index in [2.05, 4.69) is 6.92 Å². The van der Waals surface area contributed by atoms with Gasteiger partial charge in [-0.1, -0.05) is 26.7 Å². The topological polar surface area (TPSA) is 59.7 Å². The van der Waals surface area contributed by atoms with E-state index in [0.717, 1.165) is 19.3 Å². The maximum atomic E-state index is 11.5. The summed E-state index contributed by atoms with van der Waals surface area (Å²) in [6.07, 6.45) is 3.84. The summed E-state index contributed by atoms with van der Waals surface area (Å²) in [5.74, 6) is 0.712. The lowest BCUT2D eigenvalue weighted by atomic mass is 10.2. The van der Waals surface area contributed by atoms with Gasteiger partial charge in [-0.25, -0.2) is 0 Å². The summed E-state index contributed by atoms with van der Waals surface area (Å²) in [5, 5.41) is 9.70. The van der Waals surface area contributed by atoms with Gasteiger partial charge in [-0.3, -0.25) is 4.79 Å². The highest BCUT2D eigenvalue weighted by Crippen LogP contribution is 2.37. The molecule has 0 radical (unpaired) electrons. The van der Waals surface area contributed by atoms with Crippen molar-refractivity contribution in [1.82, 2.24) is 0 Å². The van der Waals surface area contributed by atoms with Crippen molar-refractivity contribution in [2.75, 3.05) is 0 Å². The third-order valence-electron chi connectivity index (χ3n) is 2.60. The molecule has 1 aromatic heterocycles. The van der Waals surface area contributed by atoms with Crippen LogP contribution in [0.5, 0.6) is 11.5 Å². The predicted molar refractivity (Wildman–Crippen MR) is 64.3 cm³/mol. The number of unbranched alkanes of at least 4 members (excludes halogenated alkanes) is 2. The maximum Gasteiger partial charge on any atom is 0.311 e. The molecule has 96 valence electrons. The number of aromatic hydroxyl groups is 1. The molecule has 0 atom stereocenters. The first-order chi connectivity index (χ1) is 8.10. The average Bonchev–Trinajstić information content (AvgIpc) is 2.57. The zero-order chi connectivity index (χ0) is 12.8. The van der Waals surface area contributed by atoms with E-state index < -0.39 is 0 Å². The molecule has 1 N–H and O–H groups in total. The third-order valence-corrected chi connectivity index (χ3v) is 2.60. The fraction of sp³-hybridized carbons (Fsp3) is 0.615. The average molecular weight is 240 g/mol. The number of esters is 1. The van der Waals surface area contributed by atoms with E-state index in [1.165, 1.54) is 0 Å². The largest absolute Gasteiger partial charge is 0.502 e. The Hall–Kier alpha value is -1.45. The number of carbonyl (C=O) groups excluding carboxylic acids is 1. The fourth-order valence-electron chi connectivity index (χ4n) is 1.59. The summed E-state index contributed by atoms with van der Waals surface area (Å²) in [7, 11) is 0. The van der Waals surface area contributed by atoms with Crippen molar-refractivity contribution in [3.8, 4) is 11.5 Å². The lowest BCUT2D eigenvalue weighted by molar-refractivity contribution is -0.134. The number of hydrogen-bond acceptors (Lipinski definition) is 4. The molecule has 1 rings (SSSR count). The van der Waals surface area contributed by atoms with Crippen molar-refractivity contribution >= 4 is 5.97 Å². The van der Waals surface area contributed by atoms with Gasteiger partial charge in [0, 0.05) is 12.8 Å². The molecule has 0 aliphatic rings. The minimum Gasteiger partial charge on any atom is -0.502 e. The van der Waals surface area contributed by atoms with Crippen molar-refractivity contribution in [2.24, 2.45) is 0 Å². The van der Waals surface area contributed by atoms with Crippen molar-refractivity contribution in [1.29, 1.82) is 0 Å². The van der Waals surface area contributed by atoms with Gasteiger partial charge >= 0.3 is 5.97 Å². The second-order valence-electron chi connectivity index (χ2n) is 4.04. The zero-order valence-electron chi connectivity index (χ0n) is 10.7. The Balaban J connectivity index is 2.64. The van der Waals surface area contributed by atoms with E-state index in [1.54, 1.807) is 6.92 Å². The van der Waals surface area contributed by atoms with Gasteiger partial charge in [-0.05, 0) is 13.3 Å². The maximum absolute atomic E-state index is 11.5. The smallest absolute Gasteiger partial charge is 0.311 e. The summed E-state index contributed by atoms with van der Waals surface area (Å²) in [4.78, 5) is 11.5. The van der Waals surface area contributed by atoms with Crippen molar-refractivity contribution in [2.45, 2.75) is 52.9 Å². The van der Waals surface area contributed by atoms with Crippen molar-refractivity contribution in [3.63, 3.8) is 0 Å². The molecular weight excluding hydrogens is 220 g/mol. The Kier molecular flexibility index (Phi) is 5.07. The molecule has 0 spiro atoms. The van der Waals surface area contributed by atoms with E-state index in [4.69, 9.17) is 9.15 Å². The van der Waals surface area contributed by atoms with E-state index in [9.17, 15) is 9.90 Å². The number of carbonyl (C=O) groups is 1. The minimum atomic E-state index is -0.316. The van der Waals surface area contributed by atoms with Crippen LogP contribution in [0.3, 0.4) is 0 Å². The molecule has 0 aliphatic carbocycles. The first kappa shape index (κ1) is 13.6. The summed E-state index contributed by atoms with van der Waals surface area (Å²) in [6, 6.07) is 0. The van der Waals surface area contributed by atoms with Crippen LogP contribution in [0.15, 0.2) is 4.42 Å². The molecule has 1 heterocycles. The second-order valence-corrected chi connectivity index (χ2v) is 4.04. The fourth-order valence-corrected chi connectivity index (χ4v) is 1.59. The molecule has 0 amide bonds. The van der Waals surface area contributed by atoms with Crippen LogP contribution < -0.4 is 4.74 Å². The molecular formula is C13H20O4. The lowest BCUT2D eigenvalue weighted by Crippen LogP contribution is -2.08. The normalized spacial score (nSPS) is 10.5. The first-order valence-electron chi connectivity index (χ1n) is 6.12. The first-order valence-corrected chi connectivity index (χ1v) is 6.12. The minimum absolute atomic E-state index is 0.0642. The molecule has 0 saturated heterocycles. The Labute approximate surface area is 102 Å². The molecule has 4 nitrogen and oxygen atoms in total. The van der Waals surface area contributed by atoms with Crippen LogP contribution >= 0.6 is 0 Å². The molecule has 1 aromatic rings. The highest BCUT2D eigenvalue weighted by molar-refractivity contribution is 5.73. The summed E-state index contributed by atoms with van der Waals surface area (Å²) in [5.41, 5.74) is 0. The quantitative estimate of drug-likeness (QED) is 0.612. The van der Waals surface area contributed by atoms with Gasteiger partial charge in [0.2, 0.25) is 11.5 Å². The monoisotopic (exact) mass is 240 g/mol. The third kappa shape index (κ3) is 3.51. The van der Waals surface area contributed by atoms with Gasteiger partial charge in [0.25, 0.3) is 0 Å². The molecule has 0 aliphatic heterocycles. The number of aryl methyl sites for hydroxylation is 2. The van der Waals surface area contributed by atoms with E-state index >= 15 is 0 Å². The van der Waals surface area contributed by atoms with Crippen LogP contribution in [0.25, 0.3) is 0 Å².